The van der Waals surface area contributed by atoms with Crippen LogP contribution in [0.2, 0.25) is 0 Å². The van der Waals surface area contributed by atoms with E-state index in [0.717, 1.165) is 0 Å². The van der Waals surface area contributed by atoms with E-state index in [1.807, 2.05) is 0 Å². The second kappa shape index (κ2) is 8.50. The lowest BCUT2D eigenvalue weighted by atomic mass is 9.88. The van der Waals surface area contributed by atoms with E-state index in [1.165, 1.54) is 33.5 Å². The number of para-hydroxylation sites is 1. The maximum Gasteiger partial charge on any atom is 0.316 e. The van der Waals surface area contributed by atoms with Crippen LogP contribution in [0.3, 0.4) is 0 Å². The number of benzene rings is 2. The molecule has 0 saturated carbocycles. The van der Waals surface area contributed by atoms with Crippen molar-refractivity contribution in [2.45, 2.75) is 12.0 Å². The molecule has 0 amide bonds. The topological polar surface area (TPSA) is 111 Å². The minimum absolute atomic E-state index is 0.0323. The van der Waals surface area contributed by atoms with Gasteiger partial charge in [0.2, 0.25) is 0 Å². The van der Waals surface area contributed by atoms with E-state index < -0.39 is 23.6 Å². The zero-order valence-electron chi connectivity index (χ0n) is 14.7. The van der Waals surface area contributed by atoms with Gasteiger partial charge in [-0.1, -0.05) is 12.1 Å². The molecule has 0 bridgehead atoms. The summed E-state index contributed by atoms with van der Waals surface area (Å²) in [6.45, 7) is -0.446. The molecule has 0 heterocycles. The van der Waals surface area contributed by atoms with Crippen molar-refractivity contribution in [2.24, 2.45) is 0 Å². The van der Waals surface area contributed by atoms with Crippen molar-refractivity contribution in [3.8, 4) is 17.2 Å². The van der Waals surface area contributed by atoms with E-state index in [2.05, 4.69) is 0 Å². The van der Waals surface area contributed by atoms with Crippen molar-refractivity contribution in [1.82, 2.24) is 0 Å². The highest BCUT2D eigenvalue weighted by molar-refractivity contribution is 5.55. The van der Waals surface area contributed by atoms with Crippen LogP contribution in [-0.4, -0.2) is 43.1 Å². The summed E-state index contributed by atoms with van der Waals surface area (Å²) in [5.74, 6) is 0.128. The van der Waals surface area contributed by atoms with E-state index in [-0.39, 0.29) is 17.0 Å². The molecule has 2 aromatic rings. The first kappa shape index (κ1) is 19.5. The number of hydrogen-bond donors (Lipinski definition) is 2. The molecule has 0 fully saturated rings. The highest BCUT2D eigenvalue weighted by Gasteiger charge is 2.32. The van der Waals surface area contributed by atoms with Crippen molar-refractivity contribution in [3.05, 3.63) is 57.6 Å². The smallest absolute Gasteiger partial charge is 0.316 e. The van der Waals surface area contributed by atoms with Crippen LogP contribution in [-0.2, 0) is 0 Å². The Hall–Kier alpha value is -2.84. The molecule has 26 heavy (non-hydrogen) atoms. The van der Waals surface area contributed by atoms with Crippen LogP contribution in [0.5, 0.6) is 17.2 Å². The Morgan fingerprint density at radius 2 is 1.73 bits per heavy atom. The van der Waals surface area contributed by atoms with Gasteiger partial charge in [0.15, 0.2) is 5.75 Å². The molecule has 0 aromatic heterocycles. The molecule has 8 nitrogen and oxygen atoms in total. The lowest BCUT2D eigenvalue weighted by Gasteiger charge is -2.24. The van der Waals surface area contributed by atoms with E-state index >= 15 is 0 Å². The first-order valence-electron chi connectivity index (χ1n) is 7.80. The molecule has 2 atom stereocenters. The molecule has 0 aliphatic rings. The van der Waals surface area contributed by atoms with Gasteiger partial charge < -0.3 is 24.4 Å². The average Bonchev–Trinajstić information content (AvgIpc) is 2.67. The van der Waals surface area contributed by atoms with Gasteiger partial charge in [0.25, 0.3) is 0 Å². The van der Waals surface area contributed by atoms with Gasteiger partial charge in [0.1, 0.15) is 11.5 Å². The molecule has 2 unspecified atom stereocenters. The number of nitrogens with zero attached hydrogens (tertiary/aromatic N) is 1. The second-order valence-electron chi connectivity index (χ2n) is 5.50. The Morgan fingerprint density at radius 1 is 1.04 bits per heavy atom. The summed E-state index contributed by atoms with van der Waals surface area (Å²) in [5.41, 5.74) is 0.208. The van der Waals surface area contributed by atoms with Crippen LogP contribution in [0.25, 0.3) is 0 Å². The van der Waals surface area contributed by atoms with E-state index in [1.54, 1.807) is 24.3 Å². The number of aliphatic hydroxyl groups is 2. The zero-order valence-corrected chi connectivity index (χ0v) is 14.7. The number of rotatable bonds is 8. The minimum Gasteiger partial charge on any atom is -0.497 e. The lowest BCUT2D eigenvalue weighted by Crippen LogP contribution is -2.17. The second-order valence-corrected chi connectivity index (χ2v) is 5.50. The van der Waals surface area contributed by atoms with Gasteiger partial charge in [-0.15, -0.1) is 0 Å². The monoisotopic (exact) mass is 363 g/mol. The largest absolute Gasteiger partial charge is 0.497 e. The van der Waals surface area contributed by atoms with Gasteiger partial charge in [0, 0.05) is 17.5 Å². The van der Waals surface area contributed by atoms with Crippen molar-refractivity contribution in [3.63, 3.8) is 0 Å². The molecule has 2 aromatic carbocycles. The normalized spacial score (nSPS) is 13.0. The Bertz CT molecular complexity index is 778. The standard InChI is InChI=1S/C18H21NO7/c1-24-11-7-8-12(16(9-11)26-3)14(10-20)18(21)13-5-4-6-15(25-2)17(13)19(22)23/h4-9,14,18,20-21H,10H2,1-3H3. The molecule has 2 N–H and O–H groups in total. The summed E-state index contributed by atoms with van der Waals surface area (Å²) in [6, 6.07) is 9.34. The SMILES string of the molecule is COc1ccc(C(CO)C(O)c2cccc(OC)c2[N+](=O)[O-])c(OC)c1. The Balaban J connectivity index is 2.54. The molecule has 0 aliphatic carbocycles. The van der Waals surface area contributed by atoms with Crippen LogP contribution in [0.15, 0.2) is 36.4 Å². The molecular weight excluding hydrogens is 342 g/mol. The first-order valence-corrected chi connectivity index (χ1v) is 7.80. The van der Waals surface area contributed by atoms with Crippen LogP contribution >= 0.6 is 0 Å². The van der Waals surface area contributed by atoms with Gasteiger partial charge in [0.05, 0.1) is 44.5 Å². The summed E-state index contributed by atoms with van der Waals surface area (Å²) < 4.78 is 15.5. The summed E-state index contributed by atoms with van der Waals surface area (Å²) in [5, 5.41) is 32.2. The third-order valence-electron chi connectivity index (χ3n) is 4.17. The quantitative estimate of drug-likeness (QED) is 0.547. The van der Waals surface area contributed by atoms with E-state index in [4.69, 9.17) is 14.2 Å². The number of methoxy groups -OCH3 is 3. The van der Waals surface area contributed by atoms with Crippen LogP contribution in [0.4, 0.5) is 5.69 Å². The van der Waals surface area contributed by atoms with Crippen LogP contribution in [0.1, 0.15) is 23.1 Å². The highest BCUT2D eigenvalue weighted by atomic mass is 16.6. The fraction of sp³-hybridized carbons (Fsp3) is 0.333. The Labute approximate surface area is 150 Å². The maximum atomic E-state index is 11.5. The Kier molecular flexibility index (Phi) is 6.37. The number of hydrogen-bond acceptors (Lipinski definition) is 7. The van der Waals surface area contributed by atoms with E-state index in [0.29, 0.717) is 17.1 Å². The predicted octanol–water partition coefficient (Wildman–Crippen LogP) is 2.43. The van der Waals surface area contributed by atoms with Gasteiger partial charge in [-0.05, 0) is 18.2 Å². The first-order chi connectivity index (χ1) is 12.5. The maximum absolute atomic E-state index is 11.5. The zero-order chi connectivity index (χ0) is 19.3. The van der Waals surface area contributed by atoms with Crippen LogP contribution in [0, 0.1) is 10.1 Å². The van der Waals surface area contributed by atoms with Gasteiger partial charge in [-0.25, -0.2) is 0 Å². The van der Waals surface area contributed by atoms with Gasteiger partial charge in [-0.3, -0.25) is 10.1 Å². The molecule has 0 radical (unpaired) electrons. The predicted molar refractivity (Wildman–Crippen MR) is 94.0 cm³/mol. The summed E-state index contributed by atoms with van der Waals surface area (Å²) in [7, 11) is 4.27. The molecule has 0 saturated heterocycles. The van der Waals surface area contributed by atoms with Gasteiger partial charge >= 0.3 is 5.69 Å². The molecule has 2 rings (SSSR count). The summed E-state index contributed by atoms with van der Waals surface area (Å²) in [4.78, 5) is 10.9. The van der Waals surface area contributed by atoms with Crippen LogP contribution < -0.4 is 14.2 Å². The van der Waals surface area contributed by atoms with Gasteiger partial charge in [-0.2, -0.15) is 0 Å². The third kappa shape index (κ3) is 3.71. The molecule has 0 aliphatic heterocycles. The summed E-state index contributed by atoms with van der Waals surface area (Å²) >= 11 is 0. The molecular formula is C18H21NO7. The number of ether oxygens (including phenoxy) is 3. The summed E-state index contributed by atoms with van der Waals surface area (Å²) in [6.07, 6.45) is -1.35. The third-order valence-corrected chi connectivity index (χ3v) is 4.17. The van der Waals surface area contributed by atoms with Crippen molar-refractivity contribution >= 4 is 5.69 Å². The fourth-order valence-electron chi connectivity index (χ4n) is 2.85. The molecule has 8 heteroatoms. The minimum atomic E-state index is -1.35. The molecule has 140 valence electrons. The highest BCUT2D eigenvalue weighted by Crippen LogP contribution is 2.42. The van der Waals surface area contributed by atoms with Crippen molar-refractivity contribution in [1.29, 1.82) is 0 Å². The molecule has 0 spiro atoms. The fourth-order valence-corrected chi connectivity index (χ4v) is 2.85. The number of nitro benzene ring substituents is 1. The lowest BCUT2D eigenvalue weighted by molar-refractivity contribution is -0.387. The number of aliphatic hydroxyl groups excluding tert-OH is 2. The van der Waals surface area contributed by atoms with Crippen molar-refractivity contribution in [2.75, 3.05) is 27.9 Å². The van der Waals surface area contributed by atoms with E-state index in [9.17, 15) is 20.3 Å². The Morgan fingerprint density at radius 3 is 2.27 bits per heavy atom. The average molecular weight is 363 g/mol. The van der Waals surface area contributed by atoms with Crippen molar-refractivity contribution < 1.29 is 29.3 Å². The number of nitro groups is 1.